The highest BCUT2D eigenvalue weighted by Gasteiger charge is 2.23. The number of furan rings is 1. The number of hydrogen-bond donors (Lipinski definition) is 1. The highest BCUT2D eigenvalue weighted by atomic mass is 16.5. The van der Waals surface area contributed by atoms with Crippen molar-refractivity contribution in [1.29, 1.82) is 5.26 Å². The topological polar surface area (TPSA) is 120 Å². The normalized spacial score (nSPS) is 12.9. The van der Waals surface area contributed by atoms with E-state index in [2.05, 4.69) is 11.1 Å². The van der Waals surface area contributed by atoms with Crippen LogP contribution in [-0.4, -0.2) is 47.1 Å². The summed E-state index contributed by atoms with van der Waals surface area (Å²) < 4.78 is 23.9. The van der Waals surface area contributed by atoms with E-state index in [1.165, 1.54) is 17.7 Å². The molecule has 1 fully saturated rings. The van der Waals surface area contributed by atoms with Gasteiger partial charge in [0.05, 0.1) is 25.9 Å². The second-order valence-electron chi connectivity index (χ2n) is 8.25. The van der Waals surface area contributed by atoms with Crippen molar-refractivity contribution in [2.75, 3.05) is 20.3 Å². The Labute approximate surface area is 228 Å². The number of carbonyl (C=O) groups excluding carboxylic acids is 1. The van der Waals surface area contributed by atoms with Crippen LogP contribution in [0.2, 0.25) is 0 Å². The van der Waals surface area contributed by atoms with E-state index in [0.717, 1.165) is 24.0 Å². The van der Waals surface area contributed by atoms with E-state index in [0.29, 0.717) is 47.1 Å². The van der Waals surface area contributed by atoms with E-state index in [9.17, 15) is 15.2 Å². The summed E-state index contributed by atoms with van der Waals surface area (Å²) in [5, 5.41) is 20.2. The molecule has 0 unspecified atom stereocenters. The van der Waals surface area contributed by atoms with Gasteiger partial charge in [-0.2, -0.15) is 5.26 Å². The van der Waals surface area contributed by atoms with Crippen LogP contribution in [0.25, 0.3) is 33.7 Å². The van der Waals surface area contributed by atoms with Crippen LogP contribution in [0.4, 0.5) is 0 Å². The summed E-state index contributed by atoms with van der Waals surface area (Å²) in [6.07, 6.45) is 3.25. The van der Waals surface area contributed by atoms with Gasteiger partial charge in [-0.15, -0.1) is 0 Å². The van der Waals surface area contributed by atoms with Crippen LogP contribution in [0.3, 0.4) is 0 Å². The van der Waals surface area contributed by atoms with E-state index in [-0.39, 0.29) is 17.5 Å². The molecule has 5 rings (SSSR count). The van der Waals surface area contributed by atoms with Gasteiger partial charge in [-0.1, -0.05) is 33.8 Å². The van der Waals surface area contributed by atoms with Gasteiger partial charge in [-0.05, 0) is 23.8 Å². The van der Waals surface area contributed by atoms with Crippen molar-refractivity contribution in [2.45, 2.75) is 46.6 Å². The van der Waals surface area contributed by atoms with Crippen molar-refractivity contribution >= 4 is 17.1 Å². The molecule has 0 atom stereocenters. The molecule has 0 bridgehead atoms. The smallest absolute Gasteiger partial charge is 0.354 e. The lowest BCUT2D eigenvalue weighted by molar-refractivity contribution is 0.0254. The summed E-state index contributed by atoms with van der Waals surface area (Å²) in [4.78, 5) is 16.4. The van der Waals surface area contributed by atoms with Gasteiger partial charge in [-0.3, -0.25) is 4.98 Å². The van der Waals surface area contributed by atoms with Crippen LogP contribution in [-0.2, 0) is 16.5 Å². The van der Waals surface area contributed by atoms with Crippen molar-refractivity contribution in [3.8, 4) is 40.1 Å². The lowest BCUT2D eigenvalue weighted by Crippen LogP contribution is -2.26. The summed E-state index contributed by atoms with van der Waals surface area (Å²) in [7, 11) is 2.91. The van der Waals surface area contributed by atoms with Gasteiger partial charge in [0.25, 0.3) is 0 Å². The lowest BCUT2D eigenvalue weighted by Gasteiger charge is -2.23. The molecule has 0 aliphatic carbocycles. The zero-order valence-corrected chi connectivity index (χ0v) is 23.3. The van der Waals surface area contributed by atoms with E-state index in [1.54, 1.807) is 37.5 Å². The van der Waals surface area contributed by atoms with Gasteiger partial charge >= 0.3 is 5.97 Å². The van der Waals surface area contributed by atoms with Crippen LogP contribution >= 0.6 is 0 Å². The van der Waals surface area contributed by atoms with Crippen molar-refractivity contribution < 1.29 is 28.5 Å². The van der Waals surface area contributed by atoms with Gasteiger partial charge in [0, 0.05) is 43.8 Å². The van der Waals surface area contributed by atoms with E-state index in [1.807, 2.05) is 33.8 Å². The first-order valence-electron chi connectivity index (χ1n) is 13.1. The quantitative estimate of drug-likeness (QED) is 0.290. The molecule has 0 spiro atoms. The number of hydrogen-bond acceptors (Lipinski definition) is 8. The maximum absolute atomic E-state index is 12.0. The first-order valence-corrected chi connectivity index (χ1v) is 13.1. The lowest BCUT2D eigenvalue weighted by atomic mass is 10.0. The van der Waals surface area contributed by atoms with Gasteiger partial charge in [0.2, 0.25) is 0 Å². The number of nitrogens with zero attached hydrogens (tertiary/aromatic N) is 3. The van der Waals surface area contributed by atoms with Crippen molar-refractivity contribution in [1.82, 2.24) is 9.55 Å². The number of methoxy groups -OCH3 is 1. The van der Waals surface area contributed by atoms with Crippen LogP contribution in [0.5, 0.6) is 11.5 Å². The predicted octanol–water partition coefficient (Wildman–Crippen LogP) is 6.47. The minimum atomic E-state index is -0.573. The number of pyridine rings is 1. The highest BCUT2D eigenvalue weighted by Crippen LogP contribution is 2.39. The maximum atomic E-state index is 12.0. The van der Waals surface area contributed by atoms with Crippen LogP contribution < -0.4 is 4.74 Å². The molecule has 1 aliphatic heterocycles. The minimum absolute atomic E-state index is 0.0230. The summed E-state index contributed by atoms with van der Waals surface area (Å²) in [5.74, 6) is 0.193. The molecule has 0 radical (unpaired) electrons. The maximum Gasteiger partial charge on any atom is 0.354 e. The second kappa shape index (κ2) is 13.5. The third kappa shape index (κ3) is 6.07. The van der Waals surface area contributed by atoms with Crippen molar-refractivity contribution in [3.63, 3.8) is 0 Å². The summed E-state index contributed by atoms with van der Waals surface area (Å²) in [6.45, 7) is 9.30. The third-order valence-electron chi connectivity index (χ3n) is 6.13. The van der Waals surface area contributed by atoms with E-state index in [4.69, 9.17) is 18.6 Å². The van der Waals surface area contributed by atoms with Crippen LogP contribution in [0.15, 0.2) is 47.0 Å². The average molecular weight is 534 g/mol. The number of carbonyl (C=O) groups is 1. The molecular formula is C30H35N3O6. The number of aromatic nitrogens is 2. The zero-order chi connectivity index (χ0) is 28.5. The molecule has 3 aromatic heterocycles. The first-order chi connectivity index (χ1) is 19.0. The zero-order valence-electron chi connectivity index (χ0n) is 23.3. The monoisotopic (exact) mass is 533 g/mol. The standard InChI is InChI=1S/C26H23N3O6.2C2H6/c1-29-20(26(31)32-2)13-21(30)24(29)23-12-19-25(35-23)18(5-8-28-19)15-3-4-22(16(11-15)14-27)34-17-6-9-33-10-7-17;2*1-2/h3-5,8,11-13,17,30H,6-7,9-10H2,1-2H3;2*1-2H3. The molecule has 9 heteroatoms. The Kier molecular flexibility index (Phi) is 10.1. The number of fused-ring (bicyclic) bond motifs is 1. The molecule has 206 valence electrons. The fourth-order valence-corrected chi connectivity index (χ4v) is 4.32. The Bertz CT molecular complexity index is 1460. The number of nitriles is 1. The Balaban J connectivity index is 0.00000100. The molecular weight excluding hydrogens is 498 g/mol. The number of ether oxygens (including phenoxy) is 3. The SMILES string of the molecule is CC.CC.COC(=O)c1cc(O)c(-c2cc3nccc(-c4ccc(OC5CCOCC5)c(C#N)c4)c3o2)n1C. The summed E-state index contributed by atoms with van der Waals surface area (Å²) in [6, 6.07) is 12.5. The highest BCUT2D eigenvalue weighted by molar-refractivity contribution is 5.94. The molecule has 0 saturated carbocycles. The number of esters is 1. The number of rotatable bonds is 5. The molecule has 4 heterocycles. The predicted molar refractivity (Wildman–Crippen MR) is 149 cm³/mol. The fraction of sp³-hybridized carbons (Fsp3) is 0.367. The fourth-order valence-electron chi connectivity index (χ4n) is 4.32. The van der Waals surface area contributed by atoms with Crippen LogP contribution in [0, 0.1) is 11.3 Å². The van der Waals surface area contributed by atoms with E-state index >= 15 is 0 Å². The molecule has 4 aromatic rings. The average Bonchev–Trinajstić information content (AvgIpc) is 3.55. The summed E-state index contributed by atoms with van der Waals surface area (Å²) in [5.41, 5.74) is 3.49. The van der Waals surface area contributed by atoms with Gasteiger partial charge < -0.3 is 28.3 Å². The third-order valence-corrected chi connectivity index (χ3v) is 6.13. The van der Waals surface area contributed by atoms with Gasteiger partial charge in [0.1, 0.15) is 40.6 Å². The second-order valence-corrected chi connectivity index (χ2v) is 8.25. The first kappa shape index (κ1) is 29.3. The largest absolute Gasteiger partial charge is 0.506 e. The molecule has 1 saturated heterocycles. The molecule has 9 nitrogen and oxygen atoms in total. The molecule has 1 aliphatic rings. The molecule has 1 aromatic carbocycles. The Morgan fingerprint density at radius 3 is 2.51 bits per heavy atom. The van der Waals surface area contributed by atoms with Crippen molar-refractivity contribution in [3.05, 3.63) is 53.9 Å². The Morgan fingerprint density at radius 1 is 1.13 bits per heavy atom. The van der Waals surface area contributed by atoms with Crippen LogP contribution in [0.1, 0.15) is 56.6 Å². The Hall–Kier alpha value is -4.29. The minimum Gasteiger partial charge on any atom is -0.506 e. The van der Waals surface area contributed by atoms with Crippen molar-refractivity contribution in [2.24, 2.45) is 7.05 Å². The van der Waals surface area contributed by atoms with Gasteiger partial charge in [-0.25, -0.2) is 4.79 Å². The molecule has 39 heavy (non-hydrogen) atoms. The van der Waals surface area contributed by atoms with Gasteiger partial charge in [0.15, 0.2) is 11.3 Å². The number of aromatic hydroxyl groups is 1. The van der Waals surface area contributed by atoms with E-state index < -0.39 is 5.97 Å². The Morgan fingerprint density at radius 2 is 1.85 bits per heavy atom. The molecule has 1 N–H and O–H groups in total. The summed E-state index contributed by atoms with van der Waals surface area (Å²) >= 11 is 0. The number of benzene rings is 1. The molecule has 0 amide bonds.